The second kappa shape index (κ2) is 6.37. The molecule has 2 N–H and O–H groups in total. The Morgan fingerprint density at radius 2 is 2.22 bits per heavy atom. The van der Waals surface area contributed by atoms with E-state index in [4.69, 9.17) is 14.6 Å². The summed E-state index contributed by atoms with van der Waals surface area (Å²) in [6.07, 6.45) is 0. The van der Waals surface area contributed by atoms with Crippen molar-refractivity contribution in [1.82, 2.24) is 5.32 Å². The molecule has 0 bridgehead atoms. The Hall–Kier alpha value is -1.59. The van der Waals surface area contributed by atoms with E-state index in [2.05, 4.69) is 5.32 Å². The summed E-state index contributed by atoms with van der Waals surface area (Å²) in [6, 6.07) is 7.39. The largest absolute Gasteiger partial charge is 0.491 e. The van der Waals surface area contributed by atoms with Crippen LogP contribution in [0.25, 0.3) is 0 Å². The van der Waals surface area contributed by atoms with Gasteiger partial charge in [-0.2, -0.15) is 0 Å². The van der Waals surface area contributed by atoms with E-state index in [9.17, 15) is 4.79 Å². The number of carboxylic acid groups (broad SMARTS) is 1. The Labute approximate surface area is 107 Å². The van der Waals surface area contributed by atoms with E-state index in [0.29, 0.717) is 12.4 Å². The molecule has 0 saturated heterocycles. The quantitative estimate of drug-likeness (QED) is 0.766. The monoisotopic (exact) mass is 253 g/mol. The molecule has 100 valence electrons. The number of nitrogens with one attached hydrogen (secondary N) is 1. The number of rotatable bonds is 7. The summed E-state index contributed by atoms with van der Waals surface area (Å²) in [5.74, 6) is -0.315. The first-order valence-electron chi connectivity index (χ1n) is 5.65. The fraction of sp³-hybridized carbons (Fsp3) is 0.462. The van der Waals surface area contributed by atoms with Crippen molar-refractivity contribution in [2.45, 2.75) is 19.1 Å². The van der Waals surface area contributed by atoms with E-state index < -0.39 is 11.5 Å². The Balaban J connectivity index is 2.68. The van der Waals surface area contributed by atoms with Crippen LogP contribution < -0.4 is 10.1 Å². The van der Waals surface area contributed by atoms with Crippen LogP contribution in [0.15, 0.2) is 24.3 Å². The van der Waals surface area contributed by atoms with Crippen molar-refractivity contribution in [2.24, 2.45) is 0 Å². The van der Waals surface area contributed by atoms with Crippen LogP contribution in [0.1, 0.15) is 12.5 Å². The summed E-state index contributed by atoms with van der Waals surface area (Å²) in [5, 5.41) is 11.8. The molecule has 1 aromatic carbocycles. The fourth-order valence-electron chi connectivity index (χ4n) is 1.36. The van der Waals surface area contributed by atoms with Gasteiger partial charge in [-0.05, 0) is 31.7 Å². The van der Waals surface area contributed by atoms with Crippen molar-refractivity contribution in [3.63, 3.8) is 0 Å². The summed E-state index contributed by atoms with van der Waals surface area (Å²) >= 11 is 0. The molecule has 0 aromatic heterocycles. The minimum absolute atomic E-state index is 0.0509. The first kappa shape index (κ1) is 14.5. The summed E-state index contributed by atoms with van der Waals surface area (Å²) in [5.41, 5.74) is -0.117. The highest BCUT2D eigenvalue weighted by Gasteiger charge is 2.32. The fourth-order valence-corrected chi connectivity index (χ4v) is 1.36. The zero-order valence-electron chi connectivity index (χ0n) is 10.9. The Bertz CT molecular complexity index is 408. The lowest BCUT2D eigenvalue weighted by molar-refractivity contribution is -0.145. The van der Waals surface area contributed by atoms with E-state index in [-0.39, 0.29) is 6.61 Å². The Morgan fingerprint density at radius 1 is 1.50 bits per heavy atom. The van der Waals surface area contributed by atoms with Crippen molar-refractivity contribution in [3.05, 3.63) is 29.8 Å². The van der Waals surface area contributed by atoms with E-state index in [0.717, 1.165) is 5.56 Å². The number of carboxylic acids is 1. The minimum Gasteiger partial charge on any atom is -0.491 e. The number of carbonyl (C=O) groups is 1. The molecule has 1 atom stereocenters. The highest BCUT2D eigenvalue weighted by atomic mass is 16.5. The van der Waals surface area contributed by atoms with Gasteiger partial charge in [0.2, 0.25) is 0 Å². The van der Waals surface area contributed by atoms with Gasteiger partial charge < -0.3 is 19.9 Å². The van der Waals surface area contributed by atoms with Crippen molar-refractivity contribution in [3.8, 4) is 5.75 Å². The molecular formula is C13H19NO4. The molecule has 5 nitrogen and oxygen atoms in total. The van der Waals surface area contributed by atoms with Gasteiger partial charge in [0.15, 0.2) is 0 Å². The standard InChI is InChI=1S/C13H19NO4/c1-13(14-2,12(15)16)9-18-11-6-4-5-10(7-11)8-17-3/h4-7,14H,8-9H2,1-3H3,(H,15,16). The summed E-state index contributed by atoms with van der Waals surface area (Å²) in [7, 11) is 3.22. The van der Waals surface area contributed by atoms with Gasteiger partial charge in [0.05, 0.1) is 6.61 Å². The van der Waals surface area contributed by atoms with Crippen molar-refractivity contribution in [2.75, 3.05) is 20.8 Å². The molecule has 0 heterocycles. The number of ether oxygens (including phenoxy) is 2. The minimum atomic E-state index is -1.10. The lowest BCUT2D eigenvalue weighted by Crippen LogP contribution is -2.52. The summed E-state index contributed by atoms with van der Waals surface area (Å²) in [4.78, 5) is 11.1. The molecule has 0 amide bonds. The third-order valence-electron chi connectivity index (χ3n) is 2.76. The molecule has 0 aliphatic rings. The second-order valence-electron chi connectivity index (χ2n) is 4.26. The average molecular weight is 253 g/mol. The van der Waals surface area contributed by atoms with Crippen LogP contribution in [-0.4, -0.2) is 37.4 Å². The highest BCUT2D eigenvalue weighted by molar-refractivity contribution is 5.78. The van der Waals surface area contributed by atoms with Crippen molar-refractivity contribution >= 4 is 5.97 Å². The molecule has 0 spiro atoms. The predicted octanol–water partition coefficient (Wildman–Crippen LogP) is 1.27. The molecule has 18 heavy (non-hydrogen) atoms. The number of hydrogen-bond donors (Lipinski definition) is 2. The molecule has 0 aliphatic heterocycles. The van der Waals surface area contributed by atoms with E-state index >= 15 is 0 Å². The third-order valence-corrected chi connectivity index (χ3v) is 2.76. The van der Waals surface area contributed by atoms with Gasteiger partial charge in [0.1, 0.15) is 17.9 Å². The third kappa shape index (κ3) is 3.72. The number of likely N-dealkylation sites (N-methyl/N-ethyl adjacent to an activating group) is 1. The number of benzene rings is 1. The van der Waals surface area contributed by atoms with Crippen LogP contribution in [0.5, 0.6) is 5.75 Å². The molecule has 0 fully saturated rings. The van der Waals surface area contributed by atoms with Gasteiger partial charge in [0, 0.05) is 7.11 Å². The molecule has 0 saturated carbocycles. The van der Waals surface area contributed by atoms with Gasteiger partial charge in [-0.25, -0.2) is 0 Å². The molecular weight excluding hydrogens is 234 g/mol. The van der Waals surface area contributed by atoms with Gasteiger partial charge in [-0.3, -0.25) is 4.79 Å². The highest BCUT2D eigenvalue weighted by Crippen LogP contribution is 2.16. The Morgan fingerprint density at radius 3 is 2.78 bits per heavy atom. The first-order chi connectivity index (χ1) is 8.51. The van der Waals surface area contributed by atoms with E-state index in [1.165, 1.54) is 0 Å². The molecule has 0 radical (unpaired) electrons. The maximum absolute atomic E-state index is 11.1. The van der Waals surface area contributed by atoms with Crippen LogP contribution in [0.3, 0.4) is 0 Å². The molecule has 1 aromatic rings. The summed E-state index contributed by atoms with van der Waals surface area (Å²) in [6.45, 7) is 2.13. The zero-order valence-corrected chi connectivity index (χ0v) is 10.9. The van der Waals surface area contributed by atoms with E-state index in [1.807, 2.05) is 18.2 Å². The van der Waals surface area contributed by atoms with Crippen LogP contribution in [0, 0.1) is 0 Å². The van der Waals surface area contributed by atoms with Crippen LogP contribution in [0.2, 0.25) is 0 Å². The van der Waals surface area contributed by atoms with Crippen molar-refractivity contribution < 1.29 is 19.4 Å². The summed E-state index contributed by atoms with van der Waals surface area (Å²) < 4.78 is 10.5. The molecule has 0 aliphatic carbocycles. The van der Waals surface area contributed by atoms with Crippen LogP contribution in [-0.2, 0) is 16.1 Å². The van der Waals surface area contributed by atoms with E-state index in [1.54, 1.807) is 27.1 Å². The SMILES string of the molecule is CNC(C)(COc1cccc(COC)c1)C(=O)O. The first-order valence-corrected chi connectivity index (χ1v) is 5.65. The normalized spacial score (nSPS) is 13.9. The van der Waals surface area contributed by atoms with Gasteiger partial charge in [0.25, 0.3) is 0 Å². The maximum Gasteiger partial charge on any atom is 0.327 e. The van der Waals surface area contributed by atoms with Crippen LogP contribution >= 0.6 is 0 Å². The lowest BCUT2D eigenvalue weighted by Gasteiger charge is -2.24. The smallest absolute Gasteiger partial charge is 0.327 e. The second-order valence-corrected chi connectivity index (χ2v) is 4.26. The Kier molecular flexibility index (Phi) is 5.12. The van der Waals surface area contributed by atoms with Crippen LogP contribution in [0.4, 0.5) is 0 Å². The predicted molar refractivity (Wildman–Crippen MR) is 67.8 cm³/mol. The zero-order chi connectivity index (χ0) is 13.6. The average Bonchev–Trinajstić information content (AvgIpc) is 2.36. The molecule has 5 heteroatoms. The molecule has 1 rings (SSSR count). The maximum atomic E-state index is 11.1. The topological polar surface area (TPSA) is 67.8 Å². The van der Waals surface area contributed by atoms with Crippen molar-refractivity contribution in [1.29, 1.82) is 0 Å². The van der Waals surface area contributed by atoms with Gasteiger partial charge >= 0.3 is 5.97 Å². The lowest BCUT2D eigenvalue weighted by atomic mass is 10.1. The van der Waals surface area contributed by atoms with Gasteiger partial charge in [-0.15, -0.1) is 0 Å². The van der Waals surface area contributed by atoms with Gasteiger partial charge in [-0.1, -0.05) is 12.1 Å². The number of methoxy groups -OCH3 is 1. The molecule has 1 unspecified atom stereocenters. The number of aliphatic carboxylic acids is 1. The number of hydrogen-bond acceptors (Lipinski definition) is 4.